The molecule has 2 aliphatic rings. The number of hydrogen-bond donors (Lipinski definition) is 2. The van der Waals surface area contributed by atoms with Crippen LogP contribution < -0.4 is 5.32 Å². The second-order valence-corrected chi connectivity index (χ2v) is 7.99. The molecule has 3 atom stereocenters. The zero-order chi connectivity index (χ0) is 18.8. The molecule has 1 aliphatic heterocycles. The number of unbranched alkanes of at least 4 members (excludes halogenated alkanes) is 1. The molecule has 7 nitrogen and oxygen atoms in total. The maximum Gasteiger partial charge on any atom is 0.411 e. The Bertz CT molecular complexity index is 568. The summed E-state index contributed by atoms with van der Waals surface area (Å²) in [5.41, 5.74) is -1.02. The number of hydrogen-bond acceptors (Lipinski definition) is 4. The number of carboxylic acids is 1. The number of amides is 2. The minimum Gasteiger partial charge on any atom is -0.480 e. The molecule has 1 aliphatic carbocycles. The first-order chi connectivity index (χ1) is 11.6. The molecule has 2 amide bonds. The summed E-state index contributed by atoms with van der Waals surface area (Å²) in [7, 11) is 0. The van der Waals surface area contributed by atoms with Gasteiger partial charge in [0.25, 0.3) is 0 Å². The molecule has 2 rings (SSSR count). The normalized spacial score (nSPS) is 27.4. The van der Waals surface area contributed by atoms with E-state index >= 15 is 0 Å². The number of aliphatic carboxylic acids is 1. The summed E-state index contributed by atoms with van der Waals surface area (Å²) in [6.07, 6.45) is 4.17. The quantitative estimate of drug-likeness (QED) is 0.541. The molecule has 25 heavy (non-hydrogen) atoms. The maximum absolute atomic E-state index is 12.4. The van der Waals surface area contributed by atoms with Crippen molar-refractivity contribution in [1.82, 2.24) is 10.2 Å². The Hall–Kier alpha value is -2.05. The van der Waals surface area contributed by atoms with E-state index in [1.807, 2.05) is 0 Å². The van der Waals surface area contributed by atoms with Crippen LogP contribution in [0.5, 0.6) is 0 Å². The fourth-order valence-electron chi connectivity index (χ4n) is 3.45. The summed E-state index contributed by atoms with van der Waals surface area (Å²) in [6, 6.07) is -1.08. The average molecular weight is 352 g/mol. The fraction of sp³-hybridized carbons (Fsp3) is 0.722. The second-order valence-electron chi connectivity index (χ2n) is 7.99. The first kappa shape index (κ1) is 19.3. The van der Waals surface area contributed by atoms with Gasteiger partial charge in [0.2, 0.25) is 5.91 Å². The van der Waals surface area contributed by atoms with Crippen LogP contribution in [0.2, 0.25) is 0 Å². The van der Waals surface area contributed by atoms with Crippen LogP contribution in [-0.2, 0) is 14.3 Å². The van der Waals surface area contributed by atoms with Crippen LogP contribution in [0.1, 0.15) is 52.9 Å². The Morgan fingerprint density at radius 1 is 1.36 bits per heavy atom. The van der Waals surface area contributed by atoms with Gasteiger partial charge < -0.3 is 15.2 Å². The molecule has 1 saturated carbocycles. The molecule has 140 valence electrons. The molecule has 2 fully saturated rings. The second kappa shape index (κ2) is 7.06. The van der Waals surface area contributed by atoms with Crippen molar-refractivity contribution in [3.8, 4) is 0 Å². The van der Waals surface area contributed by atoms with E-state index in [1.54, 1.807) is 26.8 Å². The molecule has 1 heterocycles. The van der Waals surface area contributed by atoms with Crippen molar-refractivity contribution >= 4 is 18.0 Å². The third kappa shape index (κ3) is 4.52. The summed E-state index contributed by atoms with van der Waals surface area (Å²) >= 11 is 0. The zero-order valence-corrected chi connectivity index (χ0v) is 15.2. The Morgan fingerprint density at radius 3 is 2.60 bits per heavy atom. The number of ether oxygens (including phenoxy) is 1. The van der Waals surface area contributed by atoms with Crippen LogP contribution in [0.15, 0.2) is 12.7 Å². The number of carboxylic acid groups (broad SMARTS) is 1. The van der Waals surface area contributed by atoms with Crippen LogP contribution in [0.4, 0.5) is 4.79 Å². The van der Waals surface area contributed by atoms with Crippen LogP contribution in [0.25, 0.3) is 0 Å². The van der Waals surface area contributed by atoms with E-state index in [-0.39, 0.29) is 17.4 Å². The highest BCUT2D eigenvalue weighted by atomic mass is 16.6. The van der Waals surface area contributed by atoms with Gasteiger partial charge in [0.15, 0.2) is 0 Å². The van der Waals surface area contributed by atoms with Gasteiger partial charge in [0.1, 0.15) is 11.6 Å². The minimum absolute atomic E-state index is 0.0514. The number of allylic oxidation sites excluding steroid dienone is 1. The van der Waals surface area contributed by atoms with Gasteiger partial charge in [-0.3, -0.25) is 9.69 Å². The Kier molecular flexibility index (Phi) is 5.44. The average Bonchev–Trinajstić information content (AvgIpc) is 3.08. The number of nitrogens with one attached hydrogen (secondary N) is 1. The molecular formula is C18H28N2O5. The van der Waals surface area contributed by atoms with Crippen LogP contribution >= 0.6 is 0 Å². The molecule has 0 aromatic carbocycles. The van der Waals surface area contributed by atoms with Crippen molar-refractivity contribution in [1.29, 1.82) is 0 Å². The van der Waals surface area contributed by atoms with Crippen molar-refractivity contribution in [3.63, 3.8) is 0 Å². The lowest BCUT2D eigenvalue weighted by molar-refractivity contribution is -0.142. The highest BCUT2D eigenvalue weighted by molar-refractivity contribution is 5.82. The Labute approximate surface area is 148 Å². The van der Waals surface area contributed by atoms with Gasteiger partial charge in [0, 0.05) is 24.4 Å². The van der Waals surface area contributed by atoms with E-state index in [9.17, 15) is 19.5 Å². The fourth-order valence-corrected chi connectivity index (χ4v) is 3.45. The number of carbonyl (C=O) groups excluding carboxylic acids is 2. The summed E-state index contributed by atoms with van der Waals surface area (Å²) in [5.74, 6) is -1.08. The molecule has 2 N–H and O–H groups in total. The largest absolute Gasteiger partial charge is 0.480 e. The third-order valence-corrected chi connectivity index (χ3v) is 4.76. The Morgan fingerprint density at radius 2 is 2.04 bits per heavy atom. The van der Waals surface area contributed by atoms with Crippen LogP contribution in [0.3, 0.4) is 0 Å². The molecule has 1 saturated heterocycles. The van der Waals surface area contributed by atoms with Gasteiger partial charge in [0.05, 0.1) is 0 Å². The molecule has 0 radical (unpaired) electrons. The summed E-state index contributed by atoms with van der Waals surface area (Å²) in [5, 5.41) is 12.3. The highest BCUT2D eigenvalue weighted by Crippen LogP contribution is 2.59. The van der Waals surface area contributed by atoms with E-state index in [0.717, 1.165) is 12.8 Å². The number of piperidine rings is 1. The van der Waals surface area contributed by atoms with Crippen molar-refractivity contribution in [3.05, 3.63) is 12.7 Å². The Balaban J connectivity index is 1.96. The lowest BCUT2D eigenvalue weighted by Gasteiger charge is -2.28. The molecule has 0 spiro atoms. The van der Waals surface area contributed by atoms with Gasteiger partial charge in [-0.2, -0.15) is 0 Å². The van der Waals surface area contributed by atoms with Crippen molar-refractivity contribution < 1.29 is 24.2 Å². The summed E-state index contributed by atoms with van der Waals surface area (Å²) < 4.78 is 5.36. The van der Waals surface area contributed by atoms with Gasteiger partial charge in [-0.1, -0.05) is 6.08 Å². The third-order valence-electron chi connectivity index (χ3n) is 4.76. The molecule has 7 heteroatoms. The van der Waals surface area contributed by atoms with Gasteiger partial charge >= 0.3 is 12.1 Å². The van der Waals surface area contributed by atoms with Crippen LogP contribution in [0, 0.1) is 5.41 Å². The number of nitrogens with zero attached hydrogens (tertiary/aromatic N) is 1. The van der Waals surface area contributed by atoms with E-state index in [4.69, 9.17) is 4.74 Å². The first-order valence-corrected chi connectivity index (χ1v) is 8.71. The lowest BCUT2D eigenvalue weighted by Crippen LogP contribution is -2.45. The summed E-state index contributed by atoms with van der Waals surface area (Å²) in [6.45, 7) is 9.27. The predicted octanol–water partition coefficient (Wildman–Crippen LogP) is 2.31. The number of fused-ring (bicyclic) bond motifs is 1. The zero-order valence-electron chi connectivity index (χ0n) is 15.2. The predicted molar refractivity (Wildman–Crippen MR) is 92.0 cm³/mol. The van der Waals surface area contributed by atoms with E-state index in [1.165, 1.54) is 4.90 Å². The molecule has 0 unspecified atom stereocenters. The molecule has 0 bridgehead atoms. The lowest BCUT2D eigenvalue weighted by atomic mass is 9.99. The SMILES string of the molecule is C=CCCCC(=O)NC[C@@]12C[C@@H](C(=O)O)N(C(=O)OC(C)(C)C)[C@@H]1C2. The van der Waals surface area contributed by atoms with Crippen molar-refractivity contribution in [2.45, 2.75) is 70.6 Å². The van der Waals surface area contributed by atoms with Crippen LogP contribution in [-0.4, -0.2) is 52.2 Å². The van der Waals surface area contributed by atoms with E-state index in [0.29, 0.717) is 25.8 Å². The van der Waals surface area contributed by atoms with Crippen molar-refractivity contribution in [2.75, 3.05) is 6.54 Å². The molecule has 0 aromatic rings. The monoisotopic (exact) mass is 352 g/mol. The van der Waals surface area contributed by atoms with Gasteiger partial charge in [-0.25, -0.2) is 9.59 Å². The smallest absolute Gasteiger partial charge is 0.411 e. The standard InChI is InChI=1S/C18H28N2O5/c1-5-6-7-8-14(21)19-11-18-9-12(15(22)23)20(13(18)10-18)16(24)25-17(2,3)4/h5,12-13H,1,6-11H2,2-4H3,(H,19,21)(H,22,23)/t12-,13+,18-/m0/s1. The molecule has 0 aromatic heterocycles. The minimum atomic E-state index is -1.03. The number of rotatable bonds is 7. The molecular weight excluding hydrogens is 324 g/mol. The number of carbonyl (C=O) groups is 3. The van der Waals surface area contributed by atoms with Crippen molar-refractivity contribution in [2.24, 2.45) is 5.41 Å². The van der Waals surface area contributed by atoms with Gasteiger partial charge in [-0.15, -0.1) is 6.58 Å². The highest BCUT2D eigenvalue weighted by Gasteiger charge is 2.68. The van der Waals surface area contributed by atoms with E-state index < -0.39 is 23.7 Å². The maximum atomic E-state index is 12.4. The van der Waals surface area contributed by atoms with E-state index in [2.05, 4.69) is 11.9 Å². The number of likely N-dealkylation sites (tertiary alicyclic amines) is 1. The summed E-state index contributed by atoms with van der Waals surface area (Å²) in [4.78, 5) is 37.2. The first-order valence-electron chi connectivity index (χ1n) is 8.71. The topological polar surface area (TPSA) is 95.9 Å². The van der Waals surface area contributed by atoms with Gasteiger partial charge in [-0.05, 0) is 46.5 Å².